The molecule has 0 radical (unpaired) electrons. The molecule has 0 aliphatic carbocycles. The Labute approximate surface area is 110 Å². The third-order valence-electron chi connectivity index (χ3n) is 2.56. The molecule has 6 heteroatoms. The van der Waals surface area contributed by atoms with E-state index in [1.54, 1.807) is 24.3 Å². The number of carbonyl (C=O) groups excluding carboxylic acids is 1. The molecule has 1 aromatic heterocycles. The van der Waals surface area contributed by atoms with E-state index in [1.807, 2.05) is 6.92 Å². The second-order valence-electron chi connectivity index (χ2n) is 3.87. The molecule has 0 amide bonds. The SMILES string of the molecule is CCc1nnc(CNc2ccc(C(=O)OC)cc2)o1. The molecule has 0 saturated heterocycles. The summed E-state index contributed by atoms with van der Waals surface area (Å²) in [4.78, 5) is 11.3. The number of esters is 1. The molecular weight excluding hydrogens is 246 g/mol. The first-order valence-corrected chi connectivity index (χ1v) is 5.96. The number of nitrogens with zero attached hydrogens (tertiary/aromatic N) is 2. The van der Waals surface area contributed by atoms with Gasteiger partial charge in [0.1, 0.15) is 0 Å². The number of aromatic nitrogens is 2. The van der Waals surface area contributed by atoms with Crippen molar-refractivity contribution in [2.24, 2.45) is 0 Å². The standard InChI is InChI=1S/C13H15N3O3/c1-3-11-15-16-12(19-11)8-14-10-6-4-9(5-7-10)13(17)18-2/h4-7,14H,3,8H2,1-2H3. The molecule has 0 spiro atoms. The number of methoxy groups -OCH3 is 1. The normalized spacial score (nSPS) is 10.2. The largest absolute Gasteiger partial charge is 0.465 e. The van der Waals surface area contributed by atoms with E-state index in [0.29, 0.717) is 23.9 Å². The lowest BCUT2D eigenvalue weighted by Crippen LogP contribution is -2.02. The highest BCUT2D eigenvalue weighted by molar-refractivity contribution is 5.89. The van der Waals surface area contributed by atoms with Crippen LogP contribution in [0, 0.1) is 0 Å². The highest BCUT2D eigenvalue weighted by Gasteiger charge is 2.06. The van der Waals surface area contributed by atoms with Crippen molar-refractivity contribution in [1.82, 2.24) is 10.2 Å². The first-order chi connectivity index (χ1) is 9.22. The van der Waals surface area contributed by atoms with Crippen LogP contribution in [-0.2, 0) is 17.7 Å². The minimum atomic E-state index is -0.351. The quantitative estimate of drug-likeness (QED) is 0.830. The van der Waals surface area contributed by atoms with Gasteiger partial charge < -0.3 is 14.5 Å². The molecule has 0 bridgehead atoms. The summed E-state index contributed by atoms with van der Waals surface area (Å²) >= 11 is 0. The van der Waals surface area contributed by atoms with Gasteiger partial charge in [0.25, 0.3) is 0 Å². The van der Waals surface area contributed by atoms with E-state index in [0.717, 1.165) is 12.1 Å². The van der Waals surface area contributed by atoms with Crippen molar-refractivity contribution in [2.45, 2.75) is 19.9 Å². The third-order valence-corrected chi connectivity index (χ3v) is 2.56. The van der Waals surface area contributed by atoms with Crippen LogP contribution in [0.5, 0.6) is 0 Å². The molecule has 0 aliphatic heterocycles. The maximum absolute atomic E-state index is 11.3. The smallest absolute Gasteiger partial charge is 0.337 e. The number of benzene rings is 1. The molecule has 6 nitrogen and oxygen atoms in total. The van der Waals surface area contributed by atoms with Gasteiger partial charge in [-0.15, -0.1) is 10.2 Å². The lowest BCUT2D eigenvalue weighted by atomic mass is 10.2. The van der Waals surface area contributed by atoms with Gasteiger partial charge in [-0.3, -0.25) is 0 Å². The number of nitrogens with one attached hydrogen (secondary N) is 1. The Hall–Kier alpha value is -2.37. The monoisotopic (exact) mass is 261 g/mol. The summed E-state index contributed by atoms with van der Waals surface area (Å²) in [6.45, 7) is 2.40. The average molecular weight is 261 g/mol. The van der Waals surface area contributed by atoms with Crippen LogP contribution in [0.2, 0.25) is 0 Å². The number of hydrogen-bond donors (Lipinski definition) is 1. The van der Waals surface area contributed by atoms with E-state index in [-0.39, 0.29) is 5.97 Å². The molecule has 0 unspecified atom stereocenters. The van der Waals surface area contributed by atoms with Crippen LogP contribution in [0.4, 0.5) is 5.69 Å². The molecule has 1 heterocycles. The van der Waals surface area contributed by atoms with Gasteiger partial charge in [-0.2, -0.15) is 0 Å². The average Bonchev–Trinajstić information content (AvgIpc) is 2.93. The number of hydrogen-bond acceptors (Lipinski definition) is 6. The number of ether oxygens (including phenoxy) is 1. The van der Waals surface area contributed by atoms with E-state index in [1.165, 1.54) is 7.11 Å². The number of rotatable bonds is 5. The van der Waals surface area contributed by atoms with Crippen molar-refractivity contribution < 1.29 is 13.9 Å². The molecule has 2 rings (SSSR count). The highest BCUT2D eigenvalue weighted by Crippen LogP contribution is 2.11. The lowest BCUT2D eigenvalue weighted by Gasteiger charge is -2.04. The van der Waals surface area contributed by atoms with Gasteiger partial charge in [0, 0.05) is 12.1 Å². The van der Waals surface area contributed by atoms with Crippen LogP contribution < -0.4 is 5.32 Å². The van der Waals surface area contributed by atoms with Crippen LogP contribution in [0.25, 0.3) is 0 Å². The first kappa shape index (κ1) is 13.1. The van der Waals surface area contributed by atoms with Gasteiger partial charge in [0.05, 0.1) is 19.2 Å². The molecule has 1 aromatic carbocycles. The fourth-order valence-corrected chi connectivity index (χ4v) is 1.52. The predicted molar refractivity (Wildman–Crippen MR) is 68.8 cm³/mol. The Kier molecular flexibility index (Phi) is 4.12. The molecule has 2 aromatic rings. The van der Waals surface area contributed by atoms with Crippen molar-refractivity contribution in [2.75, 3.05) is 12.4 Å². The Morgan fingerprint density at radius 1 is 1.26 bits per heavy atom. The fourth-order valence-electron chi connectivity index (χ4n) is 1.52. The van der Waals surface area contributed by atoms with Crippen LogP contribution in [0.3, 0.4) is 0 Å². The fraction of sp³-hybridized carbons (Fsp3) is 0.308. The first-order valence-electron chi connectivity index (χ1n) is 5.96. The van der Waals surface area contributed by atoms with Crippen molar-refractivity contribution in [3.8, 4) is 0 Å². The van der Waals surface area contributed by atoms with Crippen molar-refractivity contribution >= 4 is 11.7 Å². The summed E-state index contributed by atoms with van der Waals surface area (Å²) in [5.41, 5.74) is 1.38. The van der Waals surface area contributed by atoms with Crippen LogP contribution >= 0.6 is 0 Å². The van der Waals surface area contributed by atoms with E-state index in [9.17, 15) is 4.79 Å². The zero-order valence-electron chi connectivity index (χ0n) is 10.8. The summed E-state index contributed by atoms with van der Waals surface area (Å²) < 4.78 is 10.0. The Bertz CT molecular complexity index is 549. The number of carbonyl (C=O) groups is 1. The van der Waals surface area contributed by atoms with Crippen molar-refractivity contribution in [3.63, 3.8) is 0 Å². The second kappa shape index (κ2) is 5.99. The zero-order valence-corrected chi connectivity index (χ0v) is 10.8. The molecule has 100 valence electrons. The topological polar surface area (TPSA) is 77.2 Å². The maximum Gasteiger partial charge on any atom is 0.337 e. The summed E-state index contributed by atoms with van der Waals surface area (Å²) in [6.07, 6.45) is 0.723. The molecule has 0 aliphatic rings. The van der Waals surface area contributed by atoms with Gasteiger partial charge in [-0.1, -0.05) is 6.92 Å². The van der Waals surface area contributed by atoms with Crippen LogP contribution in [0.15, 0.2) is 28.7 Å². The second-order valence-corrected chi connectivity index (χ2v) is 3.87. The third kappa shape index (κ3) is 3.31. The van der Waals surface area contributed by atoms with Gasteiger partial charge in [-0.05, 0) is 24.3 Å². The summed E-state index contributed by atoms with van der Waals surface area (Å²) in [7, 11) is 1.36. The Morgan fingerprint density at radius 2 is 1.95 bits per heavy atom. The van der Waals surface area contributed by atoms with Gasteiger partial charge >= 0.3 is 5.97 Å². The minimum absolute atomic E-state index is 0.351. The van der Waals surface area contributed by atoms with Gasteiger partial charge in [0.15, 0.2) is 0 Å². The summed E-state index contributed by atoms with van der Waals surface area (Å²) in [5.74, 6) is 0.808. The van der Waals surface area contributed by atoms with Gasteiger partial charge in [-0.25, -0.2) is 4.79 Å². The minimum Gasteiger partial charge on any atom is -0.465 e. The summed E-state index contributed by atoms with van der Waals surface area (Å²) in [6, 6.07) is 6.98. The van der Waals surface area contributed by atoms with Gasteiger partial charge in [0.2, 0.25) is 11.8 Å². The predicted octanol–water partition coefficient (Wildman–Crippen LogP) is 2.03. The zero-order chi connectivity index (χ0) is 13.7. The molecule has 1 N–H and O–H groups in total. The van der Waals surface area contributed by atoms with Crippen molar-refractivity contribution in [1.29, 1.82) is 0 Å². The highest BCUT2D eigenvalue weighted by atomic mass is 16.5. The summed E-state index contributed by atoms with van der Waals surface area (Å²) in [5, 5.41) is 10.9. The molecule has 0 fully saturated rings. The van der Waals surface area contributed by atoms with E-state index in [4.69, 9.17) is 4.42 Å². The van der Waals surface area contributed by atoms with Crippen molar-refractivity contribution in [3.05, 3.63) is 41.6 Å². The molecular formula is C13H15N3O3. The molecule has 19 heavy (non-hydrogen) atoms. The maximum atomic E-state index is 11.3. The van der Waals surface area contributed by atoms with E-state index >= 15 is 0 Å². The van der Waals surface area contributed by atoms with Crippen LogP contribution in [0.1, 0.15) is 29.1 Å². The van der Waals surface area contributed by atoms with E-state index < -0.39 is 0 Å². The molecule has 0 saturated carbocycles. The van der Waals surface area contributed by atoms with Crippen LogP contribution in [-0.4, -0.2) is 23.3 Å². The van der Waals surface area contributed by atoms with E-state index in [2.05, 4.69) is 20.3 Å². The number of aryl methyl sites for hydroxylation is 1. The molecule has 0 atom stereocenters. The number of anilines is 1. The lowest BCUT2D eigenvalue weighted by molar-refractivity contribution is 0.0601. The Morgan fingerprint density at radius 3 is 2.53 bits per heavy atom. The Balaban J connectivity index is 1.94.